The first-order valence-electron chi connectivity index (χ1n) is 8.89. The van der Waals surface area contributed by atoms with Crippen LogP contribution in [0.3, 0.4) is 0 Å². The smallest absolute Gasteiger partial charge is 0.326 e. The first kappa shape index (κ1) is 17.7. The topological polar surface area (TPSA) is 76.1 Å². The van der Waals surface area contributed by atoms with Gasteiger partial charge in [-0.3, -0.25) is 4.79 Å². The number of hydrogen-bond donors (Lipinski definition) is 1. The Hall–Kier alpha value is -2.08. The van der Waals surface area contributed by atoms with Gasteiger partial charge in [-0.05, 0) is 49.4 Å². The van der Waals surface area contributed by atoms with Crippen LogP contribution in [0.25, 0.3) is 0 Å². The maximum Gasteiger partial charge on any atom is 0.326 e. The fraction of sp³-hybridized carbons (Fsp3) is 0.579. The van der Waals surface area contributed by atoms with Crippen LogP contribution in [0, 0.1) is 5.92 Å². The SMILES string of the molecule is COCCOc1ccc(C(=O)N2C(C(=O)O)CC3CCCCC32)cc1. The second kappa shape index (κ2) is 7.87. The molecular formula is C19H25NO5. The molecule has 1 heterocycles. The molecule has 1 saturated carbocycles. The molecule has 0 radical (unpaired) electrons. The van der Waals surface area contributed by atoms with Crippen molar-refractivity contribution < 1.29 is 24.2 Å². The lowest BCUT2D eigenvalue weighted by Gasteiger charge is -2.33. The lowest BCUT2D eigenvalue weighted by Crippen LogP contribution is -2.46. The maximum absolute atomic E-state index is 13.0. The zero-order valence-corrected chi connectivity index (χ0v) is 14.5. The highest BCUT2D eigenvalue weighted by Gasteiger charge is 2.47. The summed E-state index contributed by atoms with van der Waals surface area (Å²) in [6.45, 7) is 0.943. The summed E-state index contributed by atoms with van der Waals surface area (Å²) in [6, 6.07) is 6.25. The minimum Gasteiger partial charge on any atom is -0.491 e. The van der Waals surface area contributed by atoms with Crippen LogP contribution in [0.4, 0.5) is 0 Å². The van der Waals surface area contributed by atoms with E-state index in [2.05, 4.69) is 0 Å². The van der Waals surface area contributed by atoms with Gasteiger partial charge in [0, 0.05) is 18.7 Å². The first-order valence-corrected chi connectivity index (χ1v) is 8.89. The summed E-state index contributed by atoms with van der Waals surface area (Å²) in [5, 5.41) is 9.57. The van der Waals surface area contributed by atoms with E-state index in [-0.39, 0.29) is 11.9 Å². The number of ether oxygens (including phenoxy) is 2. The summed E-state index contributed by atoms with van der Waals surface area (Å²) in [4.78, 5) is 26.3. The van der Waals surface area contributed by atoms with E-state index in [0.717, 1.165) is 25.7 Å². The van der Waals surface area contributed by atoms with Gasteiger partial charge in [-0.15, -0.1) is 0 Å². The van der Waals surface area contributed by atoms with E-state index < -0.39 is 12.0 Å². The van der Waals surface area contributed by atoms with Crippen molar-refractivity contribution in [2.75, 3.05) is 20.3 Å². The normalized spacial score (nSPS) is 25.5. The lowest BCUT2D eigenvalue weighted by atomic mass is 9.84. The van der Waals surface area contributed by atoms with Crippen molar-refractivity contribution in [3.05, 3.63) is 29.8 Å². The van der Waals surface area contributed by atoms with E-state index in [1.165, 1.54) is 0 Å². The van der Waals surface area contributed by atoms with Crippen molar-refractivity contribution in [3.8, 4) is 5.75 Å². The minimum atomic E-state index is -0.901. The molecule has 1 aliphatic carbocycles. The van der Waals surface area contributed by atoms with E-state index in [1.807, 2.05) is 0 Å². The zero-order chi connectivity index (χ0) is 17.8. The predicted octanol–water partition coefficient (Wildman–Crippen LogP) is 2.57. The summed E-state index contributed by atoms with van der Waals surface area (Å²) in [7, 11) is 1.61. The number of likely N-dealkylation sites (tertiary alicyclic amines) is 1. The van der Waals surface area contributed by atoms with Crippen molar-refractivity contribution in [2.45, 2.75) is 44.2 Å². The Morgan fingerprint density at radius 1 is 1.16 bits per heavy atom. The van der Waals surface area contributed by atoms with E-state index in [0.29, 0.717) is 36.9 Å². The number of carboxylic acids is 1. The Morgan fingerprint density at radius 3 is 2.56 bits per heavy atom. The molecule has 3 atom stereocenters. The Labute approximate surface area is 147 Å². The molecule has 2 aliphatic rings. The lowest BCUT2D eigenvalue weighted by molar-refractivity contribution is -0.141. The van der Waals surface area contributed by atoms with Crippen LogP contribution in [0.2, 0.25) is 0 Å². The molecule has 1 saturated heterocycles. The van der Waals surface area contributed by atoms with E-state index in [4.69, 9.17) is 9.47 Å². The predicted molar refractivity (Wildman–Crippen MR) is 91.8 cm³/mol. The Kier molecular flexibility index (Phi) is 5.58. The summed E-state index contributed by atoms with van der Waals surface area (Å²) >= 11 is 0. The van der Waals surface area contributed by atoms with Crippen molar-refractivity contribution >= 4 is 11.9 Å². The van der Waals surface area contributed by atoms with Crippen LogP contribution in [-0.2, 0) is 9.53 Å². The molecular weight excluding hydrogens is 322 g/mol. The molecule has 136 valence electrons. The van der Waals surface area contributed by atoms with Crippen LogP contribution >= 0.6 is 0 Å². The third-order valence-corrected chi connectivity index (χ3v) is 5.27. The molecule has 0 spiro atoms. The summed E-state index contributed by atoms with van der Waals surface area (Å²) in [5.41, 5.74) is 0.511. The summed E-state index contributed by atoms with van der Waals surface area (Å²) < 4.78 is 10.4. The highest BCUT2D eigenvalue weighted by molar-refractivity contribution is 5.97. The van der Waals surface area contributed by atoms with Crippen LogP contribution in [0.5, 0.6) is 5.75 Å². The molecule has 2 fully saturated rings. The van der Waals surface area contributed by atoms with Crippen molar-refractivity contribution in [1.29, 1.82) is 0 Å². The van der Waals surface area contributed by atoms with Gasteiger partial charge in [-0.1, -0.05) is 12.8 Å². The highest BCUT2D eigenvalue weighted by Crippen LogP contribution is 2.40. The van der Waals surface area contributed by atoms with Gasteiger partial charge in [0.2, 0.25) is 0 Å². The number of carboxylic acid groups (broad SMARTS) is 1. The fourth-order valence-corrected chi connectivity index (χ4v) is 4.06. The number of nitrogens with zero attached hydrogens (tertiary/aromatic N) is 1. The molecule has 3 unspecified atom stereocenters. The molecule has 1 aromatic carbocycles. The van der Waals surface area contributed by atoms with Crippen LogP contribution < -0.4 is 4.74 Å². The molecule has 1 aliphatic heterocycles. The number of hydrogen-bond acceptors (Lipinski definition) is 4. The number of carbonyl (C=O) groups excluding carboxylic acids is 1. The fourth-order valence-electron chi connectivity index (χ4n) is 4.06. The van der Waals surface area contributed by atoms with Gasteiger partial charge in [0.1, 0.15) is 18.4 Å². The van der Waals surface area contributed by atoms with Gasteiger partial charge in [0.25, 0.3) is 5.91 Å². The van der Waals surface area contributed by atoms with Crippen molar-refractivity contribution in [3.63, 3.8) is 0 Å². The van der Waals surface area contributed by atoms with Crippen molar-refractivity contribution in [1.82, 2.24) is 4.90 Å². The molecule has 25 heavy (non-hydrogen) atoms. The van der Waals surface area contributed by atoms with Gasteiger partial charge in [-0.2, -0.15) is 0 Å². The van der Waals surface area contributed by atoms with Gasteiger partial charge in [-0.25, -0.2) is 4.79 Å². The molecule has 1 amide bonds. The van der Waals surface area contributed by atoms with Crippen molar-refractivity contribution in [2.24, 2.45) is 5.92 Å². The van der Waals surface area contributed by atoms with Gasteiger partial charge in [0.15, 0.2) is 0 Å². The number of aliphatic carboxylic acids is 1. The second-order valence-corrected chi connectivity index (χ2v) is 6.78. The van der Waals surface area contributed by atoms with Gasteiger partial charge < -0.3 is 19.5 Å². The number of fused-ring (bicyclic) bond motifs is 1. The molecule has 6 heteroatoms. The Bertz CT molecular complexity index is 615. The van der Waals surface area contributed by atoms with Crippen LogP contribution in [-0.4, -0.2) is 54.3 Å². The first-order chi connectivity index (χ1) is 12.1. The third kappa shape index (κ3) is 3.79. The highest BCUT2D eigenvalue weighted by atomic mass is 16.5. The van der Waals surface area contributed by atoms with Gasteiger partial charge >= 0.3 is 5.97 Å². The number of benzene rings is 1. The quantitative estimate of drug-likeness (QED) is 0.801. The molecule has 0 aromatic heterocycles. The molecule has 3 rings (SSSR count). The molecule has 6 nitrogen and oxygen atoms in total. The maximum atomic E-state index is 13.0. The molecule has 1 N–H and O–H groups in total. The minimum absolute atomic E-state index is 0.0555. The Morgan fingerprint density at radius 2 is 1.88 bits per heavy atom. The average molecular weight is 347 g/mol. The Balaban J connectivity index is 1.74. The van der Waals surface area contributed by atoms with E-state index in [9.17, 15) is 14.7 Å². The van der Waals surface area contributed by atoms with E-state index in [1.54, 1.807) is 36.3 Å². The largest absolute Gasteiger partial charge is 0.491 e. The molecule has 1 aromatic rings. The summed E-state index contributed by atoms with van der Waals surface area (Å²) in [6.07, 6.45) is 4.68. The third-order valence-electron chi connectivity index (χ3n) is 5.27. The standard InChI is InChI=1S/C19H25NO5/c1-24-10-11-25-15-8-6-13(7-9-15)18(21)20-16-5-3-2-4-14(16)12-17(20)19(22)23/h6-9,14,16-17H,2-5,10-12H2,1H3,(H,22,23). The van der Waals surface area contributed by atoms with Crippen LogP contribution in [0.1, 0.15) is 42.5 Å². The van der Waals surface area contributed by atoms with Crippen LogP contribution in [0.15, 0.2) is 24.3 Å². The summed E-state index contributed by atoms with van der Waals surface area (Å²) in [5.74, 6) is -0.108. The second-order valence-electron chi connectivity index (χ2n) is 6.78. The van der Waals surface area contributed by atoms with E-state index >= 15 is 0 Å². The number of methoxy groups -OCH3 is 1. The number of carbonyl (C=O) groups is 2. The number of amides is 1. The molecule has 0 bridgehead atoms. The monoisotopic (exact) mass is 347 g/mol. The number of rotatable bonds is 6. The average Bonchev–Trinajstić information content (AvgIpc) is 3.02. The van der Waals surface area contributed by atoms with Gasteiger partial charge in [0.05, 0.1) is 6.61 Å². The zero-order valence-electron chi connectivity index (χ0n) is 14.5.